The predicted molar refractivity (Wildman–Crippen MR) is 101 cm³/mol. The van der Waals surface area contributed by atoms with Crippen LogP contribution in [0.25, 0.3) is 0 Å². The zero-order chi connectivity index (χ0) is 17.1. The Bertz CT molecular complexity index is 541. The second-order valence-corrected chi connectivity index (χ2v) is 10.8. The molecule has 134 valence electrons. The van der Waals surface area contributed by atoms with Gasteiger partial charge in [0.1, 0.15) is 0 Å². The van der Waals surface area contributed by atoms with E-state index in [9.17, 15) is 8.78 Å². The van der Waals surface area contributed by atoms with Gasteiger partial charge >= 0.3 is 0 Å². The van der Waals surface area contributed by atoms with Crippen LogP contribution in [-0.4, -0.2) is 9.52 Å². The molecule has 0 aliphatic heterocycles. The zero-order valence-electron chi connectivity index (χ0n) is 15.3. The van der Waals surface area contributed by atoms with Crippen molar-refractivity contribution < 1.29 is 8.78 Å². The number of hydrogen-bond acceptors (Lipinski definition) is 0. The van der Waals surface area contributed by atoms with Crippen LogP contribution in [0.5, 0.6) is 0 Å². The fraction of sp³-hybridized carbons (Fsp3) is 0.714. The highest BCUT2D eigenvalue weighted by atomic mass is 28.2. The lowest BCUT2D eigenvalue weighted by Crippen LogP contribution is -2.19. The third-order valence-corrected chi connectivity index (χ3v) is 9.49. The van der Waals surface area contributed by atoms with Gasteiger partial charge in [0, 0.05) is 9.52 Å². The summed E-state index contributed by atoms with van der Waals surface area (Å²) in [5.41, 5.74) is 1.98. The molecular formula is C21H32F2Si. The van der Waals surface area contributed by atoms with E-state index in [2.05, 4.69) is 6.92 Å². The quantitative estimate of drug-likeness (QED) is 0.573. The van der Waals surface area contributed by atoms with E-state index in [4.69, 9.17) is 0 Å². The highest BCUT2D eigenvalue weighted by Gasteiger charge is 2.27. The van der Waals surface area contributed by atoms with Crippen molar-refractivity contribution in [2.24, 2.45) is 11.8 Å². The maximum absolute atomic E-state index is 14.2. The van der Waals surface area contributed by atoms with E-state index >= 15 is 0 Å². The van der Waals surface area contributed by atoms with Crippen LogP contribution in [-0.2, 0) is 0 Å². The van der Waals surface area contributed by atoms with Gasteiger partial charge in [-0.1, -0.05) is 69.2 Å². The Kier molecular flexibility index (Phi) is 6.12. The van der Waals surface area contributed by atoms with Crippen LogP contribution < -0.4 is 0 Å². The highest BCUT2D eigenvalue weighted by molar-refractivity contribution is 6.37. The van der Waals surface area contributed by atoms with Crippen molar-refractivity contribution >= 4 is 9.52 Å². The van der Waals surface area contributed by atoms with Crippen LogP contribution in [0.2, 0.25) is 11.6 Å². The first-order valence-electron chi connectivity index (χ1n) is 9.99. The summed E-state index contributed by atoms with van der Waals surface area (Å²) in [5, 5.41) is 0. The normalized spacial score (nSPS) is 31.7. The van der Waals surface area contributed by atoms with Crippen molar-refractivity contribution in [2.75, 3.05) is 0 Å². The lowest BCUT2D eigenvalue weighted by atomic mass is 9.83. The molecule has 0 nitrogen and oxygen atoms in total. The standard InChI is InChI=1S/C21H32F2Si/c1-14-3-6-16(7-4-14)13-24-18-10-8-17(9-11-18)19-12-5-15(2)20(22)21(19)23/h5,12,14,16-18H,3-4,6-11,13,24H2,1-2H3. The van der Waals surface area contributed by atoms with Gasteiger partial charge in [0.05, 0.1) is 0 Å². The number of aryl methyl sites for hydroxylation is 1. The second-order valence-electron chi connectivity index (χ2n) is 8.52. The average Bonchev–Trinajstić information content (AvgIpc) is 2.60. The van der Waals surface area contributed by atoms with Crippen molar-refractivity contribution in [3.05, 3.63) is 34.9 Å². The molecule has 2 saturated carbocycles. The molecule has 0 amide bonds. The number of benzene rings is 1. The summed E-state index contributed by atoms with van der Waals surface area (Å²) in [4.78, 5) is 0. The zero-order valence-corrected chi connectivity index (χ0v) is 16.7. The molecule has 0 saturated heterocycles. The topological polar surface area (TPSA) is 0 Å². The summed E-state index contributed by atoms with van der Waals surface area (Å²) in [7, 11) is 0.00949. The van der Waals surface area contributed by atoms with Crippen molar-refractivity contribution in [2.45, 2.75) is 82.7 Å². The van der Waals surface area contributed by atoms with Crippen LogP contribution in [0.15, 0.2) is 12.1 Å². The Balaban J connectivity index is 1.47. The minimum atomic E-state index is -0.643. The lowest BCUT2D eigenvalue weighted by Gasteiger charge is -2.31. The molecule has 0 radical (unpaired) electrons. The van der Waals surface area contributed by atoms with Crippen molar-refractivity contribution in [3.63, 3.8) is 0 Å². The fourth-order valence-electron chi connectivity index (χ4n) is 4.83. The van der Waals surface area contributed by atoms with Crippen LogP contribution >= 0.6 is 0 Å². The smallest absolute Gasteiger partial charge is 0.162 e. The van der Waals surface area contributed by atoms with E-state index in [-0.39, 0.29) is 15.4 Å². The SMILES string of the molecule is Cc1ccc(C2CCC([SiH2]CC3CCC(C)CC3)CC2)c(F)c1F. The highest BCUT2D eigenvalue weighted by Crippen LogP contribution is 2.41. The van der Waals surface area contributed by atoms with Gasteiger partial charge in [0.2, 0.25) is 0 Å². The molecule has 0 aromatic heterocycles. The van der Waals surface area contributed by atoms with Crippen molar-refractivity contribution in [1.82, 2.24) is 0 Å². The summed E-state index contributed by atoms with van der Waals surface area (Å²) in [6, 6.07) is 5.08. The van der Waals surface area contributed by atoms with Gasteiger partial charge in [0.15, 0.2) is 11.6 Å². The third kappa shape index (κ3) is 4.28. The van der Waals surface area contributed by atoms with Gasteiger partial charge < -0.3 is 0 Å². The van der Waals surface area contributed by atoms with Gasteiger partial charge in [-0.3, -0.25) is 0 Å². The predicted octanol–water partition coefficient (Wildman–Crippen LogP) is 6.13. The molecule has 3 heteroatoms. The maximum atomic E-state index is 14.2. The largest absolute Gasteiger partial charge is 0.203 e. The fourth-order valence-corrected chi connectivity index (χ4v) is 7.40. The monoisotopic (exact) mass is 350 g/mol. The van der Waals surface area contributed by atoms with E-state index < -0.39 is 11.6 Å². The van der Waals surface area contributed by atoms with Gasteiger partial charge in [-0.15, -0.1) is 0 Å². The van der Waals surface area contributed by atoms with E-state index in [1.165, 1.54) is 44.6 Å². The molecule has 2 aliphatic rings. The summed E-state index contributed by atoms with van der Waals surface area (Å²) in [5.74, 6) is 0.959. The molecule has 1 aromatic rings. The molecule has 1 aromatic carbocycles. The second kappa shape index (κ2) is 8.12. The Morgan fingerprint density at radius 3 is 2.25 bits per heavy atom. The van der Waals surface area contributed by atoms with Crippen LogP contribution in [0, 0.1) is 30.4 Å². The molecule has 2 aliphatic carbocycles. The molecule has 0 N–H and O–H groups in total. The number of halogens is 2. The summed E-state index contributed by atoms with van der Waals surface area (Å²) < 4.78 is 28.0. The van der Waals surface area contributed by atoms with Crippen molar-refractivity contribution in [3.8, 4) is 0 Å². The molecule has 24 heavy (non-hydrogen) atoms. The van der Waals surface area contributed by atoms with Crippen LogP contribution in [0.4, 0.5) is 8.78 Å². The molecule has 0 spiro atoms. The van der Waals surface area contributed by atoms with E-state index in [1.807, 2.05) is 6.07 Å². The number of rotatable bonds is 4. The molecule has 2 fully saturated rings. The van der Waals surface area contributed by atoms with Crippen molar-refractivity contribution in [1.29, 1.82) is 0 Å². The first-order valence-corrected chi connectivity index (χ1v) is 11.8. The van der Waals surface area contributed by atoms with Gasteiger partial charge in [-0.25, -0.2) is 8.78 Å². The Hall–Kier alpha value is -0.703. The minimum absolute atomic E-state index is 0.00949. The maximum Gasteiger partial charge on any atom is 0.162 e. The minimum Gasteiger partial charge on any atom is -0.203 e. The summed E-state index contributed by atoms with van der Waals surface area (Å²) in [6.45, 7) is 4.03. The van der Waals surface area contributed by atoms with Gasteiger partial charge in [-0.05, 0) is 48.6 Å². The Labute approximate surface area is 148 Å². The summed E-state index contributed by atoms with van der Waals surface area (Å²) >= 11 is 0. The molecule has 3 rings (SSSR count). The van der Waals surface area contributed by atoms with E-state index in [0.717, 1.165) is 30.2 Å². The molecular weight excluding hydrogens is 318 g/mol. The molecule has 0 unspecified atom stereocenters. The first kappa shape index (κ1) is 18.1. The molecule has 0 atom stereocenters. The Morgan fingerprint density at radius 1 is 0.917 bits per heavy atom. The first-order chi connectivity index (χ1) is 11.5. The average molecular weight is 351 g/mol. The number of hydrogen-bond donors (Lipinski definition) is 0. The molecule has 0 heterocycles. The van der Waals surface area contributed by atoms with E-state index in [0.29, 0.717) is 11.1 Å². The van der Waals surface area contributed by atoms with Crippen LogP contribution in [0.3, 0.4) is 0 Å². The molecule has 0 bridgehead atoms. The van der Waals surface area contributed by atoms with Gasteiger partial charge in [-0.2, -0.15) is 0 Å². The summed E-state index contributed by atoms with van der Waals surface area (Å²) in [6.07, 6.45) is 10.4. The Morgan fingerprint density at radius 2 is 1.58 bits per heavy atom. The van der Waals surface area contributed by atoms with E-state index in [1.54, 1.807) is 13.0 Å². The third-order valence-electron chi connectivity index (χ3n) is 6.71. The lowest BCUT2D eigenvalue weighted by molar-refractivity contribution is 0.306. The van der Waals surface area contributed by atoms with Crippen LogP contribution in [0.1, 0.15) is 75.3 Å². The van der Waals surface area contributed by atoms with Gasteiger partial charge in [0.25, 0.3) is 0 Å².